The Labute approximate surface area is 112 Å². The maximum absolute atomic E-state index is 13.1. The molecule has 1 atom stereocenters. The zero-order chi connectivity index (χ0) is 14.8. The maximum atomic E-state index is 13.1. The van der Waals surface area contributed by atoms with Gasteiger partial charge in [-0.3, -0.25) is 5.10 Å². The molecule has 0 saturated carbocycles. The van der Waals surface area contributed by atoms with E-state index in [1.54, 1.807) is 6.92 Å². The highest BCUT2D eigenvalue weighted by molar-refractivity contribution is 5.27. The smallest absolute Gasteiger partial charge is 0.303 e. The van der Waals surface area contributed by atoms with Gasteiger partial charge in [-0.25, -0.2) is 9.37 Å². The Bertz CT molecular complexity index is 565. The third kappa shape index (κ3) is 3.32. The van der Waals surface area contributed by atoms with Crippen LogP contribution in [-0.4, -0.2) is 15.2 Å². The molecule has 0 saturated heterocycles. The van der Waals surface area contributed by atoms with Crippen LogP contribution in [0.3, 0.4) is 0 Å². The molecule has 108 valence electrons. The van der Waals surface area contributed by atoms with Crippen molar-refractivity contribution in [2.24, 2.45) is 0 Å². The first kappa shape index (κ1) is 14.4. The summed E-state index contributed by atoms with van der Waals surface area (Å²) in [4.78, 5) is 3.93. The monoisotopic (exact) mass is 288 g/mol. The lowest BCUT2D eigenvalue weighted by Gasteiger charge is -2.13. The van der Waals surface area contributed by atoms with Crippen molar-refractivity contribution < 1.29 is 17.6 Å². The van der Waals surface area contributed by atoms with Crippen molar-refractivity contribution in [3.05, 3.63) is 47.3 Å². The number of alkyl halides is 3. The van der Waals surface area contributed by atoms with Gasteiger partial charge in [0.25, 0.3) is 0 Å². The second-order valence-corrected chi connectivity index (χ2v) is 4.29. The molecule has 0 radical (unpaired) electrons. The Morgan fingerprint density at radius 2 is 2.10 bits per heavy atom. The summed E-state index contributed by atoms with van der Waals surface area (Å²) in [5.74, 6) is -0.701. The lowest BCUT2D eigenvalue weighted by atomic mass is 10.1. The average molecular weight is 288 g/mol. The van der Waals surface area contributed by atoms with Gasteiger partial charge in [0.2, 0.25) is 0 Å². The summed E-state index contributed by atoms with van der Waals surface area (Å²) >= 11 is 0. The van der Waals surface area contributed by atoms with Crippen molar-refractivity contribution in [3.63, 3.8) is 0 Å². The highest BCUT2D eigenvalue weighted by Crippen LogP contribution is 2.31. The topological polar surface area (TPSA) is 53.6 Å². The molecule has 2 rings (SSSR count). The van der Waals surface area contributed by atoms with Crippen LogP contribution in [0.15, 0.2) is 24.5 Å². The van der Waals surface area contributed by atoms with E-state index in [2.05, 4.69) is 20.5 Å². The van der Waals surface area contributed by atoms with Gasteiger partial charge < -0.3 is 5.32 Å². The lowest BCUT2D eigenvalue weighted by Crippen LogP contribution is -2.20. The standard InChI is InChI=1S/C12H12F4N4/c1-7(11-18-6-19-20-11)17-5-8-2-3-10(13)9(4-8)12(14,15)16/h2-4,6-7,17H,5H2,1H3,(H,18,19,20). The second-order valence-electron chi connectivity index (χ2n) is 4.29. The minimum absolute atomic E-state index is 0.158. The van der Waals surface area contributed by atoms with Gasteiger partial charge in [-0.2, -0.15) is 18.3 Å². The third-order valence-electron chi connectivity index (χ3n) is 2.79. The first-order chi connectivity index (χ1) is 9.38. The van der Waals surface area contributed by atoms with Crippen LogP contribution in [-0.2, 0) is 12.7 Å². The summed E-state index contributed by atoms with van der Waals surface area (Å²) < 4.78 is 50.8. The fourth-order valence-electron chi connectivity index (χ4n) is 1.69. The van der Waals surface area contributed by atoms with Crippen molar-refractivity contribution in [1.29, 1.82) is 0 Å². The highest BCUT2D eigenvalue weighted by Gasteiger charge is 2.34. The van der Waals surface area contributed by atoms with E-state index < -0.39 is 17.6 Å². The molecule has 0 aliphatic carbocycles. The van der Waals surface area contributed by atoms with Crippen molar-refractivity contribution in [3.8, 4) is 0 Å². The van der Waals surface area contributed by atoms with Gasteiger partial charge in [0, 0.05) is 6.54 Å². The first-order valence-corrected chi connectivity index (χ1v) is 5.82. The molecule has 0 fully saturated rings. The van der Waals surface area contributed by atoms with Gasteiger partial charge >= 0.3 is 6.18 Å². The number of halogens is 4. The molecule has 0 bridgehead atoms. The molecular formula is C12H12F4N4. The number of nitrogens with one attached hydrogen (secondary N) is 2. The van der Waals surface area contributed by atoms with E-state index in [1.807, 2.05) is 0 Å². The van der Waals surface area contributed by atoms with Crippen LogP contribution in [0, 0.1) is 5.82 Å². The fourth-order valence-corrected chi connectivity index (χ4v) is 1.69. The van der Waals surface area contributed by atoms with E-state index in [-0.39, 0.29) is 12.6 Å². The summed E-state index contributed by atoms with van der Waals surface area (Å²) in [7, 11) is 0. The Morgan fingerprint density at radius 1 is 1.35 bits per heavy atom. The third-order valence-corrected chi connectivity index (χ3v) is 2.79. The SMILES string of the molecule is CC(NCc1ccc(F)c(C(F)(F)F)c1)c1ncn[nH]1. The van der Waals surface area contributed by atoms with Crippen molar-refractivity contribution >= 4 is 0 Å². The van der Waals surface area contributed by atoms with E-state index >= 15 is 0 Å². The number of benzene rings is 1. The Kier molecular flexibility index (Phi) is 4.03. The Morgan fingerprint density at radius 3 is 2.70 bits per heavy atom. The molecule has 2 N–H and O–H groups in total. The maximum Gasteiger partial charge on any atom is 0.419 e. The minimum Gasteiger partial charge on any atom is -0.303 e. The number of H-pyrrole nitrogens is 1. The molecule has 1 aromatic heterocycles. The number of aromatic nitrogens is 3. The van der Waals surface area contributed by atoms with Gasteiger partial charge in [-0.1, -0.05) is 6.07 Å². The molecule has 0 aliphatic heterocycles. The number of aromatic amines is 1. The van der Waals surface area contributed by atoms with Crippen LogP contribution < -0.4 is 5.32 Å². The number of hydrogen-bond acceptors (Lipinski definition) is 3. The van der Waals surface area contributed by atoms with Gasteiger partial charge in [-0.15, -0.1) is 0 Å². The van der Waals surface area contributed by atoms with Crippen LogP contribution in [0.5, 0.6) is 0 Å². The molecular weight excluding hydrogens is 276 g/mol. The molecule has 20 heavy (non-hydrogen) atoms. The van der Waals surface area contributed by atoms with E-state index in [9.17, 15) is 17.6 Å². The van der Waals surface area contributed by atoms with Crippen molar-refractivity contribution in [2.75, 3.05) is 0 Å². The van der Waals surface area contributed by atoms with Crippen molar-refractivity contribution in [2.45, 2.75) is 25.7 Å². The quantitative estimate of drug-likeness (QED) is 0.851. The van der Waals surface area contributed by atoms with E-state index in [1.165, 1.54) is 12.4 Å². The minimum atomic E-state index is -4.70. The molecule has 4 nitrogen and oxygen atoms in total. The van der Waals surface area contributed by atoms with Crippen LogP contribution in [0.25, 0.3) is 0 Å². The van der Waals surface area contributed by atoms with Gasteiger partial charge in [0.05, 0.1) is 11.6 Å². The summed E-state index contributed by atoms with van der Waals surface area (Å²) in [5.41, 5.74) is -0.922. The fraction of sp³-hybridized carbons (Fsp3) is 0.333. The summed E-state index contributed by atoms with van der Waals surface area (Å²) in [6.45, 7) is 1.94. The summed E-state index contributed by atoms with van der Waals surface area (Å²) in [5, 5.41) is 9.31. The van der Waals surface area contributed by atoms with E-state index in [4.69, 9.17) is 0 Å². The molecule has 1 aromatic carbocycles. The molecule has 0 aliphatic rings. The number of rotatable bonds is 4. The van der Waals surface area contributed by atoms with Gasteiger partial charge in [-0.05, 0) is 24.6 Å². The van der Waals surface area contributed by atoms with Gasteiger partial charge in [0.1, 0.15) is 18.0 Å². The number of nitrogens with zero attached hydrogens (tertiary/aromatic N) is 2. The zero-order valence-corrected chi connectivity index (χ0v) is 10.5. The molecule has 1 unspecified atom stereocenters. The predicted molar refractivity (Wildman–Crippen MR) is 63.0 cm³/mol. The second kappa shape index (κ2) is 5.58. The zero-order valence-electron chi connectivity index (χ0n) is 10.5. The predicted octanol–water partition coefficient (Wildman–Crippen LogP) is 2.81. The largest absolute Gasteiger partial charge is 0.419 e. The van der Waals surface area contributed by atoms with Crippen LogP contribution >= 0.6 is 0 Å². The molecule has 0 spiro atoms. The molecule has 0 amide bonds. The molecule has 1 heterocycles. The van der Waals surface area contributed by atoms with Crippen LogP contribution in [0.1, 0.15) is 29.9 Å². The summed E-state index contributed by atoms with van der Waals surface area (Å²) in [6.07, 6.45) is -3.36. The van der Waals surface area contributed by atoms with Gasteiger partial charge in [0.15, 0.2) is 0 Å². The molecule has 8 heteroatoms. The summed E-state index contributed by atoms with van der Waals surface area (Å²) in [6, 6.07) is 2.72. The average Bonchev–Trinajstić information content (AvgIpc) is 2.90. The van der Waals surface area contributed by atoms with E-state index in [0.29, 0.717) is 11.4 Å². The van der Waals surface area contributed by atoms with Crippen molar-refractivity contribution in [1.82, 2.24) is 20.5 Å². The molecule has 2 aromatic rings. The first-order valence-electron chi connectivity index (χ1n) is 5.82. The Balaban J connectivity index is 2.07. The lowest BCUT2D eigenvalue weighted by molar-refractivity contribution is -0.140. The van der Waals surface area contributed by atoms with Crippen LogP contribution in [0.2, 0.25) is 0 Å². The van der Waals surface area contributed by atoms with Crippen LogP contribution in [0.4, 0.5) is 17.6 Å². The number of hydrogen-bond donors (Lipinski definition) is 2. The Hall–Kier alpha value is -1.96. The highest BCUT2D eigenvalue weighted by atomic mass is 19.4. The van der Waals surface area contributed by atoms with E-state index in [0.717, 1.165) is 12.1 Å². The normalized spacial score (nSPS) is 13.4.